The van der Waals surface area contributed by atoms with Crippen LogP contribution < -0.4 is 5.32 Å². The summed E-state index contributed by atoms with van der Waals surface area (Å²) in [6.07, 6.45) is 4.00. The molecule has 0 aromatic rings. The Bertz CT molecular complexity index is 217. The fourth-order valence-electron chi connectivity index (χ4n) is 2.26. The van der Waals surface area contributed by atoms with Gasteiger partial charge in [0.05, 0.1) is 0 Å². The van der Waals surface area contributed by atoms with Gasteiger partial charge in [0.2, 0.25) is 0 Å². The Morgan fingerprint density at radius 2 is 2.00 bits per heavy atom. The molecular weight excluding hydrogens is 240 g/mol. The zero-order valence-corrected chi connectivity index (χ0v) is 13.6. The van der Waals surface area contributed by atoms with Crippen LogP contribution in [0.15, 0.2) is 0 Å². The number of nitrogens with zero attached hydrogens (tertiary/aromatic N) is 1. The molecule has 3 heteroatoms. The van der Waals surface area contributed by atoms with Crippen LogP contribution in [0, 0.1) is 5.92 Å². The topological polar surface area (TPSA) is 15.3 Å². The standard InChI is InChI=1S/C15H32N2S/c1-14(2)13-16-8-5-6-9-17-10-7-15(3,4)18-12-11-17/h14,16H,5-13H2,1-4H3. The summed E-state index contributed by atoms with van der Waals surface area (Å²) in [4.78, 5) is 2.66. The van der Waals surface area contributed by atoms with Crippen LogP contribution in [0.2, 0.25) is 0 Å². The van der Waals surface area contributed by atoms with Crippen LogP contribution in [0.5, 0.6) is 0 Å². The average Bonchev–Trinajstić information content (AvgIpc) is 2.45. The van der Waals surface area contributed by atoms with Crippen molar-refractivity contribution >= 4 is 11.8 Å². The molecule has 0 spiro atoms. The molecule has 18 heavy (non-hydrogen) atoms. The number of hydrogen-bond acceptors (Lipinski definition) is 3. The third-order valence-corrected chi connectivity index (χ3v) is 4.93. The monoisotopic (exact) mass is 272 g/mol. The molecule has 108 valence electrons. The minimum atomic E-state index is 0.494. The van der Waals surface area contributed by atoms with Crippen molar-refractivity contribution in [3.05, 3.63) is 0 Å². The van der Waals surface area contributed by atoms with E-state index in [0.717, 1.165) is 12.5 Å². The van der Waals surface area contributed by atoms with E-state index in [1.807, 2.05) is 0 Å². The lowest BCUT2D eigenvalue weighted by Crippen LogP contribution is -2.29. The van der Waals surface area contributed by atoms with Gasteiger partial charge in [0.25, 0.3) is 0 Å². The van der Waals surface area contributed by atoms with Gasteiger partial charge in [0.15, 0.2) is 0 Å². The smallest absolute Gasteiger partial charge is 0.0116 e. The van der Waals surface area contributed by atoms with E-state index in [1.54, 1.807) is 0 Å². The molecule has 2 nitrogen and oxygen atoms in total. The van der Waals surface area contributed by atoms with Crippen LogP contribution in [0.4, 0.5) is 0 Å². The summed E-state index contributed by atoms with van der Waals surface area (Å²) in [5, 5.41) is 3.53. The molecule has 0 aromatic carbocycles. The van der Waals surface area contributed by atoms with Crippen molar-refractivity contribution in [2.24, 2.45) is 5.92 Å². The predicted molar refractivity (Wildman–Crippen MR) is 84.5 cm³/mol. The highest BCUT2D eigenvalue weighted by Gasteiger charge is 2.23. The summed E-state index contributed by atoms with van der Waals surface area (Å²) in [6.45, 7) is 15.5. The van der Waals surface area contributed by atoms with Crippen molar-refractivity contribution in [3.8, 4) is 0 Å². The fourth-order valence-corrected chi connectivity index (χ4v) is 3.40. The molecule has 1 aliphatic heterocycles. The van der Waals surface area contributed by atoms with Gasteiger partial charge in [-0.2, -0.15) is 11.8 Å². The summed E-state index contributed by atoms with van der Waals surface area (Å²) < 4.78 is 0.494. The van der Waals surface area contributed by atoms with Gasteiger partial charge in [-0.3, -0.25) is 0 Å². The van der Waals surface area contributed by atoms with E-state index in [1.165, 1.54) is 51.2 Å². The quantitative estimate of drug-likeness (QED) is 0.716. The second kappa shape index (κ2) is 8.44. The molecule has 0 aliphatic carbocycles. The third-order valence-electron chi connectivity index (χ3n) is 3.56. The molecule has 1 rings (SSSR count). The van der Waals surface area contributed by atoms with Crippen molar-refractivity contribution in [1.82, 2.24) is 10.2 Å². The zero-order chi connectivity index (χ0) is 13.4. The Morgan fingerprint density at radius 3 is 2.72 bits per heavy atom. The summed E-state index contributed by atoms with van der Waals surface area (Å²) in [6, 6.07) is 0. The Balaban J connectivity index is 2.02. The number of nitrogens with one attached hydrogen (secondary N) is 1. The Hall–Kier alpha value is 0.270. The van der Waals surface area contributed by atoms with Crippen molar-refractivity contribution in [3.63, 3.8) is 0 Å². The first-order valence-corrected chi connectivity index (χ1v) is 8.55. The maximum Gasteiger partial charge on any atom is 0.0116 e. The van der Waals surface area contributed by atoms with Crippen LogP contribution in [0.25, 0.3) is 0 Å². The Morgan fingerprint density at radius 1 is 1.22 bits per heavy atom. The first-order valence-electron chi connectivity index (χ1n) is 7.57. The Kier molecular flexibility index (Phi) is 7.66. The van der Waals surface area contributed by atoms with Crippen molar-refractivity contribution in [2.75, 3.05) is 38.5 Å². The number of thioether (sulfide) groups is 1. The summed E-state index contributed by atoms with van der Waals surface area (Å²) in [5.41, 5.74) is 0. The van der Waals surface area contributed by atoms with Crippen molar-refractivity contribution < 1.29 is 0 Å². The molecule has 0 radical (unpaired) electrons. The van der Waals surface area contributed by atoms with Gasteiger partial charge in [-0.05, 0) is 51.4 Å². The van der Waals surface area contributed by atoms with Crippen molar-refractivity contribution in [1.29, 1.82) is 0 Å². The first kappa shape index (κ1) is 16.3. The maximum atomic E-state index is 3.53. The average molecular weight is 273 g/mol. The lowest BCUT2D eigenvalue weighted by atomic mass is 10.1. The van der Waals surface area contributed by atoms with Crippen molar-refractivity contribution in [2.45, 2.75) is 51.7 Å². The molecule has 0 unspecified atom stereocenters. The third kappa shape index (κ3) is 7.65. The SMILES string of the molecule is CC(C)CNCCCCN1CCSC(C)(C)CC1. The molecule has 0 aromatic heterocycles. The van der Waals surface area contributed by atoms with Crippen LogP contribution in [0.3, 0.4) is 0 Å². The summed E-state index contributed by atoms with van der Waals surface area (Å²) in [5.74, 6) is 2.08. The predicted octanol–water partition coefficient (Wildman–Crippen LogP) is 3.23. The number of rotatable bonds is 7. The van der Waals surface area contributed by atoms with Gasteiger partial charge < -0.3 is 10.2 Å². The van der Waals surface area contributed by atoms with Gasteiger partial charge in [-0.1, -0.05) is 27.7 Å². The van der Waals surface area contributed by atoms with Gasteiger partial charge >= 0.3 is 0 Å². The zero-order valence-electron chi connectivity index (χ0n) is 12.8. The van der Waals surface area contributed by atoms with Crippen LogP contribution in [-0.4, -0.2) is 48.1 Å². The number of hydrogen-bond donors (Lipinski definition) is 1. The fraction of sp³-hybridized carbons (Fsp3) is 1.00. The maximum absolute atomic E-state index is 3.53. The van der Waals surface area contributed by atoms with E-state index < -0.39 is 0 Å². The van der Waals surface area contributed by atoms with Crippen LogP contribution >= 0.6 is 11.8 Å². The van der Waals surface area contributed by atoms with Gasteiger partial charge in [0.1, 0.15) is 0 Å². The largest absolute Gasteiger partial charge is 0.316 e. The molecular formula is C15H32N2S. The number of unbranched alkanes of at least 4 members (excludes halogenated alkanes) is 1. The first-order chi connectivity index (χ1) is 8.49. The molecule has 0 bridgehead atoms. The molecule has 1 aliphatic rings. The summed E-state index contributed by atoms with van der Waals surface area (Å²) in [7, 11) is 0. The highest BCUT2D eigenvalue weighted by Crippen LogP contribution is 2.30. The van der Waals surface area contributed by atoms with E-state index in [-0.39, 0.29) is 0 Å². The van der Waals surface area contributed by atoms with E-state index in [9.17, 15) is 0 Å². The summed E-state index contributed by atoms with van der Waals surface area (Å²) >= 11 is 2.14. The second-order valence-corrected chi connectivity index (χ2v) is 8.31. The second-order valence-electron chi connectivity index (χ2n) is 6.50. The normalized spacial score (nSPS) is 21.2. The van der Waals surface area contributed by atoms with Gasteiger partial charge in [-0.15, -0.1) is 0 Å². The minimum absolute atomic E-state index is 0.494. The van der Waals surface area contributed by atoms with Gasteiger partial charge in [-0.25, -0.2) is 0 Å². The van der Waals surface area contributed by atoms with Crippen LogP contribution in [-0.2, 0) is 0 Å². The highest BCUT2D eigenvalue weighted by atomic mass is 32.2. The van der Waals surface area contributed by atoms with E-state index in [0.29, 0.717) is 4.75 Å². The molecule has 0 atom stereocenters. The van der Waals surface area contributed by atoms with E-state index >= 15 is 0 Å². The molecule has 1 saturated heterocycles. The lowest BCUT2D eigenvalue weighted by Gasteiger charge is -2.22. The van der Waals surface area contributed by atoms with Crippen LogP contribution in [0.1, 0.15) is 47.0 Å². The van der Waals surface area contributed by atoms with Gasteiger partial charge in [0, 0.05) is 17.0 Å². The molecule has 1 N–H and O–H groups in total. The molecule has 1 heterocycles. The Labute approximate surface area is 118 Å². The van der Waals surface area contributed by atoms with E-state index in [4.69, 9.17) is 0 Å². The lowest BCUT2D eigenvalue weighted by molar-refractivity contribution is 0.277. The minimum Gasteiger partial charge on any atom is -0.316 e. The molecule has 0 amide bonds. The highest BCUT2D eigenvalue weighted by molar-refractivity contribution is 8.00. The molecule has 1 fully saturated rings. The van der Waals surface area contributed by atoms with E-state index in [2.05, 4.69) is 49.7 Å². The molecule has 0 saturated carbocycles.